The molecule has 8 nitrogen and oxygen atoms in total. The van der Waals surface area contributed by atoms with E-state index in [4.69, 9.17) is 5.73 Å². The first-order valence-corrected chi connectivity index (χ1v) is 11.0. The van der Waals surface area contributed by atoms with E-state index >= 15 is 0 Å². The third-order valence-corrected chi connectivity index (χ3v) is 7.11. The number of rotatable bonds is 3. The molecule has 3 aromatic rings. The Hall–Kier alpha value is -3.55. The molecule has 0 saturated carbocycles. The van der Waals surface area contributed by atoms with Crippen molar-refractivity contribution in [2.45, 2.75) is 39.0 Å². The number of allylic oxidation sites excluding steroid dienone is 2. The Balaban J connectivity index is 1.53. The summed E-state index contributed by atoms with van der Waals surface area (Å²) < 4.78 is 1.86. The van der Waals surface area contributed by atoms with Gasteiger partial charge in [0.2, 0.25) is 5.91 Å². The van der Waals surface area contributed by atoms with Gasteiger partial charge in [-0.25, -0.2) is 19.5 Å². The number of amides is 1. The van der Waals surface area contributed by atoms with Crippen LogP contribution >= 0.6 is 0 Å². The third-order valence-electron chi connectivity index (χ3n) is 7.11. The van der Waals surface area contributed by atoms with Gasteiger partial charge in [-0.1, -0.05) is 12.7 Å². The largest absolute Gasteiger partial charge is 0.382 e. The molecule has 0 atom stereocenters. The fraction of sp³-hybridized carbons (Fsp3) is 0.375. The predicted octanol–water partition coefficient (Wildman–Crippen LogP) is 3.44. The van der Waals surface area contributed by atoms with Crippen LogP contribution in [0, 0.1) is 12.3 Å². The number of aryl methyl sites for hydroxylation is 1. The van der Waals surface area contributed by atoms with E-state index in [0.717, 1.165) is 67.5 Å². The maximum atomic E-state index is 12.0. The van der Waals surface area contributed by atoms with Crippen molar-refractivity contribution in [3.05, 3.63) is 54.8 Å². The highest BCUT2D eigenvalue weighted by Crippen LogP contribution is 2.48. The van der Waals surface area contributed by atoms with Crippen molar-refractivity contribution in [3.63, 3.8) is 0 Å². The molecule has 1 aliphatic heterocycles. The van der Waals surface area contributed by atoms with Crippen LogP contribution in [0.15, 0.2) is 43.5 Å². The van der Waals surface area contributed by atoms with Crippen molar-refractivity contribution >= 4 is 22.8 Å². The Morgan fingerprint density at radius 2 is 1.91 bits per heavy atom. The number of hydrogen-bond donors (Lipinski definition) is 1. The molecule has 0 aromatic carbocycles. The molecule has 0 radical (unpaired) electrons. The zero-order valence-electron chi connectivity index (χ0n) is 18.3. The summed E-state index contributed by atoms with van der Waals surface area (Å²) in [6.07, 6.45) is 13.9. The van der Waals surface area contributed by atoms with E-state index in [1.165, 1.54) is 18.0 Å². The van der Waals surface area contributed by atoms with Gasteiger partial charge in [-0.05, 0) is 62.2 Å². The van der Waals surface area contributed by atoms with Crippen molar-refractivity contribution in [1.29, 1.82) is 0 Å². The Morgan fingerprint density at radius 3 is 2.56 bits per heavy atom. The van der Waals surface area contributed by atoms with Crippen LogP contribution in [0.3, 0.4) is 0 Å². The fourth-order valence-electron chi connectivity index (χ4n) is 5.25. The minimum absolute atomic E-state index is 0.0363. The zero-order valence-corrected chi connectivity index (χ0v) is 18.3. The van der Waals surface area contributed by atoms with Gasteiger partial charge in [0.05, 0.1) is 5.56 Å². The number of piperidine rings is 1. The first-order chi connectivity index (χ1) is 15.5. The van der Waals surface area contributed by atoms with Gasteiger partial charge in [0, 0.05) is 36.7 Å². The van der Waals surface area contributed by atoms with Crippen LogP contribution in [0.4, 0.5) is 5.82 Å². The van der Waals surface area contributed by atoms with Crippen molar-refractivity contribution in [2.24, 2.45) is 5.41 Å². The second-order valence-electron chi connectivity index (χ2n) is 8.78. The molecule has 1 amide bonds. The summed E-state index contributed by atoms with van der Waals surface area (Å²) in [6.45, 7) is 7.29. The number of carbonyl (C=O) groups excluding carboxylic acids is 1. The molecule has 8 heteroatoms. The fourth-order valence-corrected chi connectivity index (χ4v) is 5.25. The van der Waals surface area contributed by atoms with Crippen LogP contribution in [-0.2, 0) is 4.79 Å². The van der Waals surface area contributed by atoms with Crippen LogP contribution in [-0.4, -0.2) is 48.5 Å². The summed E-state index contributed by atoms with van der Waals surface area (Å²) in [7, 11) is 0. The topological polar surface area (TPSA) is 102 Å². The van der Waals surface area contributed by atoms with Gasteiger partial charge in [0.15, 0.2) is 11.6 Å². The van der Waals surface area contributed by atoms with Gasteiger partial charge in [-0.3, -0.25) is 4.79 Å². The minimum Gasteiger partial charge on any atom is -0.382 e. The predicted molar refractivity (Wildman–Crippen MR) is 123 cm³/mol. The molecule has 1 aliphatic carbocycles. The molecule has 2 aliphatic rings. The minimum atomic E-state index is 0.0363. The normalized spacial score (nSPS) is 18.0. The van der Waals surface area contributed by atoms with Gasteiger partial charge < -0.3 is 10.6 Å². The summed E-state index contributed by atoms with van der Waals surface area (Å²) in [6, 6.07) is 1.81. The van der Waals surface area contributed by atoms with Crippen LogP contribution in [0.5, 0.6) is 0 Å². The third kappa shape index (κ3) is 3.26. The molecular weight excluding hydrogens is 402 g/mol. The summed E-state index contributed by atoms with van der Waals surface area (Å²) in [5, 5.41) is 4.46. The standard InChI is InChI=1S/C24H27N7O/c1-3-18(32)30-13-9-24(10-14-30)7-5-17(6-8-24)19-16(2)31-21(22(25)28-15-29-31)20(19)23-26-11-4-12-27-23/h3-5,11-12,15H,1,6-10,13-14H2,2H3,(H2,25,28,29). The molecule has 0 unspecified atom stereocenters. The smallest absolute Gasteiger partial charge is 0.245 e. The Morgan fingerprint density at radius 1 is 1.16 bits per heavy atom. The average Bonchev–Trinajstić information content (AvgIpc) is 3.14. The molecule has 32 heavy (non-hydrogen) atoms. The molecule has 3 aromatic heterocycles. The van der Waals surface area contributed by atoms with Crippen LogP contribution < -0.4 is 5.73 Å². The lowest BCUT2D eigenvalue weighted by Crippen LogP contribution is -2.43. The summed E-state index contributed by atoms with van der Waals surface area (Å²) in [5.74, 6) is 1.09. The first kappa shape index (κ1) is 20.4. The molecule has 1 spiro atoms. The van der Waals surface area contributed by atoms with E-state index in [1.807, 2.05) is 9.42 Å². The number of nitrogen functional groups attached to an aromatic ring is 1. The second-order valence-corrected chi connectivity index (χ2v) is 8.78. The molecular formula is C24H27N7O. The van der Waals surface area contributed by atoms with Crippen molar-refractivity contribution in [1.82, 2.24) is 29.5 Å². The maximum absolute atomic E-state index is 12.0. The number of anilines is 1. The van der Waals surface area contributed by atoms with E-state index in [1.54, 1.807) is 18.5 Å². The molecule has 1 fully saturated rings. The van der Waals surface area contributed by atoms with E-state index < -0.39 is 0 Å². The molecule has 1 saturated heterocycles. The Bertz CT molecular complexity index is 1220. The van der Waals surface area contributed by atoms with Crippen molar-refractivity contribution < 1.29 is 4.79 Å². The van der Waals surface area contributed by atoms with Crippen molar-refractivity contribution in [3.8, 4) is 11.4 Å². The van der Waals surface area contributed by atoms with E-state index in [-0.39, 0.29) is 11.3 Å². The monoisotopic (exact) mass is 429 g/mol. The van der Waals surface area contributed by atoms with Crippen LogP contribution in [0.25, 0.3) is 22.5 Å². The highest BCUT2D eigenvalue weighted by molar-refractivity contribution is 5.95. The average molecular weight is 430 g/mol. The molecule has 0 bridgehead atoms. The highest BCUT2D eigenvalue weighted by Gasteiger charge is 2.37. The molecule has 4 heterocycles. The SMILES string of the molecule is C=CC(=O)N1CCC2(CC=C(c3c(-c4ncccn4)c4c(N)ncnn4c3C)CC2)CC1. The lowest BCUT2D eigenvalue weighted by molar-refractivity contribution is -0.128. The second kappa shape index (κ2) is 7.85. The van der Waals surface area contributed by atoms with Gasteiger partial charge in [0.25, 0.3) is 0 Å². The Labute approximate surface area is 186 Å². The highest BCUT2D eigenvalue weighted by atomic mass is 16.2. The number of carbonyl (C=O) groups is 1. The molecule has 164 valence electrons. The number of nitrogens with zero attached hydrogens (tertiary/aromatic N) is 6. The Kier molecular flexibility index (Phi) is 5.00. The lowest BCUT2D eigenvalue weighted by atomic mass is 9.68. The summed E-state index contributed by atoms with van der Waals surface area (Å²) in [5.41, 5.74) is 11.6. The van der Waals surface area contributed by atoms with Gasteiger partial charge in [-0.2, -0.15) is 5.10 Å². The summed E-state index contributed by atoms with van der Waals surface area (Å²) >= 11 is 0. The van der Waals surface area contributed by atoms with Gasteiger partial charge in [0.1, 0.15) is 11.8 Å². The number of nitrogens with two attached hydrogens (primary N) is 1. The van der Waals surface area contributed by atoms with Gasteiger partial charge in [-0.15, -0.1) is 0 Å². The number of aromatic nitrogens is 5. The lowest BCUT2D eigenvalue weighted by Gasteiger charge is -2.43. The zero-order chi connectivity index (χ0) is 22.3. The molecule has 2 N–H and O–H groups in total. The number of fused-ring (bicyclic) bond motifs is 1. The molecule has 5 rings (SSSR count). The van der Waals surface area contributed by atoms with Crippen LogP contribution in [0.1, 0.15) is 43.4 Å². The number of likely N-dealkylation sites (tertiary alicyclic amines) is 1. The first-order valence-electron chi connectivity index (χ1n) is 11.0. The maximum Gasteiger partial charge on any atom is 0.245 e. The quantitative estimate of drug-likeness (QED) is 0.640. The van der Waals surface area contributed by atoms with Crippen molar-refractivity contribution in [2.75, 3.05) is 18.8 Å². The van der Waals surface area contributed by atoms with E-state index in [9.17, 15) is 4.79 Å². The van der Waals surface area contributed by atoms with E-state index in [2.05, 4.69) is 39.6 Å². The van der Waals surface area contributed by atoms with Gasteiger partial charge >= 0.3 is 0 Å². The van der Waals surface area contributed by atoms with E-state index in [0.29, 0.717) is 11.6 Å². The summed E-state index contributed by atoms with van der Waals surface area (Å²) in [4.78, 5) is 27.1. The number of hydrogen-bond acceptors (Lipinski definition) is 6. The van der Waals surface area contributed by atoms with Crippen LogP contribution in [0.2, 0.25) is 0 Å².